The van der Waals surface area contributed by atoms with Gasteiger partial charge in [0.2, 0.25) is 0 Å². The Hall–Kier alpha value is -3.11. The summed E-state index contributed by atoms with van der Waals surface area (Å²) < 4.78 is 20.5. The molecule has 1 N–H and O–H groups in total. The summed E-state index contributed by atoms with van der Waals surface area (Å²) in [4.78, 5) is 7.96. The third-order valence-corrected chi connectivity index (χ3v) is 6.34. The predicted octanol–water partition coefficient (Wildman–Crippen LogP) is 5.51. The molecule has 0 bridgehead atoms. The van der Waals surface area contributed by atoms with E-state index >= 15 is 4.39 Å². The standard InChI is InChI=1S/C27H27ClFN3O2/c1-30-23-8-2-20(3-9-23)12-13-31-14-15-32(27(19-31)21-4-6-22(28)7-5-21)26-11-10-24(18-25(26)29)34-17-16-33/h2-11,18,27,33H,12-17,19H2. The first-order valence-electron chi connectivity index (χ1n) is 11.3. The van der Waals surface area contributed by atoms with Crippen molar-refractivity contribution in [2.24, 2.45) is 0 Å². The normalized spacial score (nSPS) is 16.3. The van der Waals surface area contributed by atoms with Crippen molar-refractivity contribution >= 4 is 23.0 Å². The van der Waals surface area contributed by atoms with Crippen molar-refractivity contribution in [2.75, 3.05) is 44.3 Å². The van der Waals surface area contributed by atoms with Crippen LogP contribution in [0.4, 0.5) is 15.8 Å². The molecule has 3 aromatic rings. The van der Waals surface area contributed by atoms with Crippen molar-refractivity contribution in [3.8, 4) is 5.75 Å². The van der Waals surface area contributed by atoms with Crippen LogP contribution in [-0.4, -0.2) is 49.4 Å². The maximum absolute atomic E-state index is 15.1. The highest BCUT2D eigenvalue weighted by Gasteiger charge is 2.30. The highest BCUT2D eigenvalue weighted by atomic mass is 35.5. The minimum Gasteiger partial charge on any atom is -0.491 e. The Kier molecular flexibility index (Phi) is 8.02. The van der Waals surface area contributed by atoms with E-state index in [0.717, 1.165) is 31.6 Å². The zero-order valence-corrected chi connectivity index (χ0v) is 19.6. The Morgan fingerprint density at radius 1 is 1.06 bits per heavy atom. The second kappa shape index (κ2) is 11.3. The summed E-state index contributed by atoms with van der Waals surface area (Å²) in [7, 11) is 0. The lowest BCUT2D eigenvalue weighted by Crippen LogP contribution is -2.49. The van der Waals surface area contributed by atoms with E-state index in [1.54, 1.807) is 12.1 Å². The summed E-state index contributed by atoms with van der Waals surface area (Å²) in [5.74, 6) is 0.0592. The number of halogens is 2. The van der Waals surface area contributed by atoms with E-state index in [-0.39, 0.29) is 25.1 Å². The van der Waals surface area contributed by atoms with E-state index in [1.165, 1.54) is 11.6 Å². The lowest BCUT2D eigenvalue weighted by molar-refractivity contribution is 0.201. The van der Waals surface area contributed by atoms with Crippen LogP contribution in [0.25, 0.3) is 4.85 Å². The van der Waals surface area contributed by atoms with Gasteiger partial charge in [-0.3, -0.25) is 4.90 Å². The number of rotatable bonds is 8. The maximum Gasteiger partial charge on any atom is 0.187 e. The van der Waals surface area contributed by atoms with Crippen LogP contribution in [0.15, 0.2) is 66.7 Å². The third kappa shape index (κ3) is 5.87. The average Bonchev–Trinajstić information content (AvgIpc) is 2.87. The average molecular weight is 480 g/mol. The van der Waals surface area contributed by atoms with Gasteiger partial charge >= 0.3 is 0 Å². The summed E-state index contributed by atoms with van der Waals surface area (Å²) in [5, 5.41) is 9.62. The summed E-state index contributed by atoms with van der Waals surface area (Å²) >= 11 is 6.12. The van der Waals surface area contributed by atoms with Crippen molar-refractivity contribution in [1.82, 2.24) is 4.90 Å². The molecule has 0 aromatic heterocycles. The number of anilines is 1. The first kappa shape index (κ1) is 24.0. The number of ether oxygens (including phenoxy) is 1. The number of piperazine rings is 1. The largest absolute Gasteiger partial charge is 0.491 e. The van der Waals surface area contributed by atoms with Gasteiger partial charge in [-0.25, -0.2) is 9.24 Å². The Balaban J connectivity index is 1.52. The molecule has 3 aromatic carbocycles. The zero-order chi connectivity index (χ0) is 23.9. The summed E-state index contributed by atoms with van der Waals surface area (Å²) in [6.45, 7) is 10.2. The highest BCUT2D eigenvalue weighted by molar-refractivity contribution is 6.30. The van der Waals surface area contributed by atoms with E-state index in [2.05, 4.69) is 14.6 Å². The van der Waals surface area contributed by atoms with Crippen LogP contribution in [0.5, 0.6) is 5.75 Å². The molecule has 0 aliphatic carbocycles. The molecule has 1 saturated heterocycles. The third-order valence-electron chi connectivity index (χ3n) is 6.09. The fourth-order valence-electron chi connectivity index (χ4n) is 4.30. The van der Waals surface area contributed by atoms with E-state index < -0.39 is 0 Å². The van der Waals surface area contributed by atoms with Crippen LogP contribution in [-0.2, 0) is 6.42 Å². The van der Waals surface area contributed by atoms with Gasteiger partial charge in [-0.05, 0) is 41.8 Å². The summed E-state index contributed by atoms with van der Waals surface area (Å²) in [5.41, 5.74) is 3.46. The fourth-order valence-corrected chi connectivity index (χ4v) is 4.43. The lowest BCUT2D eigenvalue weighted by Gasteiger charge is -2.43. The van der Waals surface area contributed by atoms with E-state index in [0.29, 0.717) is 28.7 Å². The first-order valence-corrected chi connectivity index (χ1v) is 11.7. The Morgan fingerprint density at radius 2 is 1.82 bits per heavy atom. The van der Waals surface area contributed by atoms with Crippen molar-refractivity contribution in [3.05, 3.63) is 100 Å². The van der Waals surface area contributed by atoms with Crippen LogP contribution in [0, 0.1) is 12.4 Å². The number of hydrogen-bond acceptors (Lipinski definition) is 4. The van der Waals surface area contributed by atoms with Gasteiger partial charge in [0.25, 0.3) is 0 Å². The van der Waals surface area contributed by atoms with Gasteiger partial charge in [-0.1, -0.05) is 48.0 Å². The van der Waals surface area contributed by atoms with E-state index in [4.69, 9.17) is 28.0 Å². The topological polar surface area (TPSA) is 40.3 Å². The van der Waals surface area contributed by atoms with Gasteiger partial charge in [-0.2, -0.15) is 0 Å². The SMILES string of the molecule is [C-]#[N+]c1ccc(CCN2CCN(c3ccc(OCCO)cc3F)C(c3ccc(Cl)cc3)C2)cc1. The molecule has 176 valence electrons. The van der Waals surface area contributed by atoms with E-state index in [9.17, 15) is 0 Å². The fraction of sp³-hybridized carbons (Fsp3) is 0.296. The van der Waals surface area contributed by atoms with Crippen LogP contribution in [0.1, 0.15) is 17.2 Å². The molecule has 1 unspecified atom stereocenters. The number of benzene rings is 3. The molecule has 0 spiro atoms. The Bertz CT molecular complexity index is 1130. The molecule has 1 atom stereocenters. The second-order valence-electron chi connectivity index (χ2n) is 8.27. The molecule has 34 heavy (non-hydrogen) atoms. The Morgan fingerprint density at radius 3 is 2.50 bits per heavy atom. The summed E-state index contributed by atoms with van der Waals surface area (Å²) in [6, 6.07) is 20.3. The van der Waals surface area contributed by atoms with Crippen molar-refractivity contribution in [2.45, 2.75) is 12.5 Å². The molecular weight excluding hydrogens is 453 g/mol. The number of nitrogens with zero attached hydrogens (tertiary/aromatic N) is 3. The Labute approximate surface area is 204 Å². The van der Waals surface area contributed by atoms with Gasteiger partial charge in [-0.15, -0.1) is 0 Å². The molecule has 7 heteroatoms. The molecule has 1 aliphatic rings. The molecule has 1 fully saturated rings. The molecule has 5 nitrogen and oxygen atoms in total. The van der Waals surface area contributed by atoms with Crippen molar-refractivity contribution in [1.29, 1.82) is 0 Å². The monoisotopic (exact) mass is 479 g/mol. The van der Waals surface area contributed by atoms with Gasteiger partial charge in [0, 0.05) is 37.3 Å². The highest BCUT2D eigenvalue weighted by Crippen LogP contribution is 2.34. The molecule has 0 radical (unpaired) electrons. The van der Waals surface area contributed by atoms with E-state index in [1.807, 2.05) is 48.5 Å². The first-order chi connectivity index (χ1) is 16.6. The number of hydrogen-bond donors (Lipinski definition) is 1. The molecule has 0 amide bonds. The predicted molar refractivity (Wildman–Crippen MR) is 133 cm³/mol. The van der Waals surface area contributed by atoms with Crippen molar-refractivity contribution < 1.29 is 14.2 Å². The molecule has 4 rings (SSSR count). The molecule has 1 aliphatic heterocycles. The molecule has 1 heterocycles. The minimum atomic E-state index is -0.345. The van der Waals surface area contributed by atoms with Crippen molar-refractivity contribution in [3.63, 3.8) is 0 Å². The van der Waals surface area contributed by atoms with Crippen LogP contribution in [0.3, 0.4) is 0 Å². The number of aliphatic hydroxyl groups is 1. The van der Waals surface area contributed by atoms with Gasteiger partial charge in [0.05, 0.1) is 24.9 Å². The lowest BCUT2D eigenvalue weighted by atomic mass is 10.0. The van der Waals surface area contributed by atoms with Gasteiger partial charge in [0.1, 0.15) is 18.2 Å². The molecular formula is C27H27ClFN3O2. The second-order valence-corrected chi connectivity index (χ2v) is 8.71. The summed E-state index contributed by atoms with van der Waals surface area (Å²) in [6.07, 6.45) is 0.886. The van der Waals surface area contributed by atoms with Gasteiger partial charge in [0.15, 0.2) is 5.69 Å². The zero-order valence-electron chi connectivity index (χ0n) is 18.8. The van der Waals surface area contributed by atoms with Crippen LogP contribution < -0.4 is 9.64 Å². The molecule has 0 saturated carbocycles. The maximum atomic E-state index is 15.1. The number of aliphatic hydroxyl groups excluding tert-OH is 1. The smallest absolute Gasteiger partial charge is 0.187 e. The van der Waals surface area contributed by atoms with Gasteiger partial charge < -0.3 is 14.7 Å². The quantitative estimate of drug-likeness (QED) is 0.433. The minimum absolute atomic E-state index is 0.0331. The van der Waals surface area contributed by atoms with Crippen LogP contribution >= 0.6 is 11.6 Å². The van der Waals surface area contributed by atoms with Crippen LogP contribution in [0.2, 0.25) is 5.02 Å².